The van der Waals surface area contributed by atoms with E-state index in [-0.39, 0.29) is 25.1 Å². The molecule has 5 nitrogen and oxygen atoms in total. The second-order valence-electron chi connectivity index (χ2n) is 7.42. The van der Waals surface area contributed by atoms with E-state index in [9.17, 15) is 9.90 Å². The van der Waals surface area contributed by atoms with Crippen LogP contribution in [0.1, 0.15) is 47.7 Å². The van der Waals surface area contributed by atoms with Gasteiger partial charge in [-0.05, 0) is 73.1 Å². The maximum absolute atomic E-state index is 12.1. The smallest absolute Gasteiger partial charge is 0.409 e. The quantitative estimate of drug-likeness (QED) is 0.716. The number of likely N-dealkylation sites (tertiary alicyclic amines) is 1. The molecule has 2 heterocycles. The average Bonchev–Trinajstić information content (AvgIpc) is 2.90. The minimum absolute atomic E-state index is 0. The van der Waals surface area contributed by atoms with Gasteiger partial charge in [-0.3, -0.25) is 4.98 Å². The lowest BCUT2D eigenvalue weighted by molar-refractivity contribution is 0.104. The van der Waals surface area contributed by atoms with Crippen LogP contribution in [-0.4, -0.2) is 40.8 Å². The Morgan fingerprint density at radius 2 is 1.97 bits per heavy atom. The molecule has 1 saturated heterocycles. The standard InChI is InChI=1S/C23H25ClN2O3.ClH/c1-2-29-23(28)26-11-8-15(9-12-26)21-19-6-4-18(24)13-16(19)3-5-20-17(14-27)7-10-25-22(20)21;/h4,6-7,10,13,27H,2-3,5,8-9,11-12,14H2,1H3;1H. The van der Waals surface area contributed by atoms with Gasteiger partial charge in [0.2, 0.25) is 0 Å². The van der Waals surface area contributed by atoms with Gasteiger partial charge in [-0.2, -0.15) is 0 Å². The van der Waals surface area contributed by atoms with Crippen molar-refractivity contribution in [3.05, 3.63) is 69.0 Å². The van der Waals surface area contributed by atoms with Gasteiger partial charge in [-0.25, -0.2) is 4.79 Å². The lowest BCUT2D eigenvalue weighted by Gasteiger charge is -2.29. The molecule has 0 saturated carbocycles. The normalized spacial score (nSPS) is 15.6. The third-order valence-corrected chi connectivity index (χ3v) is 6.02. The Balaban J connectivity index is 0.00000256. The Morgan fingerprint density at radius 1 is 1.20 bits per heavy atom. The highest BCUT2D eigenvalue weighted by molar-refractivity contribution is 6.30. The van der Waals surface area contributed by atoms with Crippen LogP contribution in [0.4, 0.5) is 4.79 Å². The second kappa shape index (κ2) is 9.82. The van der Waals surface area contributed by atoms with Gasteiger partial charge >= 0.3 is 6.09 Å². The molecule has 4 rings (SSSR count). The van der Waals surface area contributed by atoms with Crippen molar-refractivity contribution in [1.29, 1.82) is 0 Å². The Morgan fingerprint density at radius 3 is 2.67 bits per heavy atom. The minimum atomic E-state index is -0.245. The SMILES string of the molecule is CCOC(=O)N1CCC(=C2c3ccc(Cl)cc3CCc3c(CO)ccnc32)CC1.Cl. The van der Waals surface area contributed by atoms with Crippen LogP contribution in [0.2, 0.25) is 5.02 Å². The van der Waals surface area contributed by atoms with Crippen molar-refractivity contribution in [2.45, 2.75) is 39.2 Å². The molecular weight excluding hydrogens is 423 g/mol. The number of hydrogen-bond acceptors (Lipinski definition) is 4. The van der Waals surface area contributed by atoms with E-state index in [0.717, 1.165) is 58.7 Å². The number of aliphatic hydroxyl groups excluding tert-OH is 1. The summed E-state index contributed by atoms with van der Waals surface area (Å²) in [6, 6.07) is 7.94. The first kappa shape index (κ1) is 22.6. The Labute approximate surface area is 188 Å². The number of piperidine rings is 1. The summed E-state index contributed by atoms with van der Waals surface area (Å²) in [6.45, 7) is 3.48. The lowest BCUT2D eigenvalue weighted by atomic mass is 9.88. The summed E-state index contributed by atoms with van der Waals surface area (Å²) in [6.07, 6.45) is 4.76. The van der Waals surface area contributed by atoms with Crippen LogP contribution < -0.4 is 0 Å². The highest BCUT2D eigenvalue weighted by Gasteiger charge is 2.27. The van der Waals surface area contributed by atoms with Gasteiger partial charge in [0.15, 0.2) is 0 Å². The summed E-state index contributed by atoms with van der Waals surface area (Å²) in [5, 5.41) is 10.6. The number of carbonyl (C=O) groups excluding carboxylic acids is 1. The van der Waals surface area contributed by atoms with Crippen LogP contribution in [0.3, 0.4) is 0 Å². The number of amides is 1. The molecule has 1 N–H and O–H groups in total. The summed E-state index contributed by atoms with van der Waals surface area (Å²) >= 11 is 6.29. The molecule has 0 spiro atoms. The number of nitrogens with zero attached hydrogens (tertiary/aromatic N) is 2. The average molecular weight is 449 g/mol. The molecule has 160 valence electrons. The van der Waals surface area contributed by atoms with Crippen molar-refractivity contribution in [1.82, 2.24) is 9.88 Å². The van der Waals surface area contributed by atoms with Gasteiger partial charge in [0.05, 0.1) is 18.9 Å². The van der Waals surface area contributed by atoms with E-state index in [1.165, 1.54) is 11.1 Å². The Kier molecular flexibility index (Phi) is 7.40. The number of aryl methyl sites for hydroxylation is 1. The monoisotopic (exact) mass is 448 g/mol. The topological polar surface area (TPSA) is 62.7 Å². The van der Waals surface area contributed by atoms with E-state index in [4.69, 9.17) is 21.3 Å². The van der Waals surface area contributed by atoms with Crippen LogP contribution >= 0.6 is 24.0 Å². The molecule has 1 amide bonds. The van der Waals surface area contributed by atoms with Crippen LogP contribution in [-0.2, 0) is 24.2 Å². The molecule has 0 radical (unpaired) electrons. The van der Waals surface area contributed by atoms with Crippen LogP contribution in [0.25, 0.3) is 5.57 Å². The third-order valence-electron chi connectivity index (χ3n) is 5.79. The number of fused-ring (bicyclic) bond motifs is 2. The summed E-state index contributed by atoms with van der Waals surface area (Å²) in [5.74, 6) is 0. The number of halogens is 2. The van der Waals surface area contributed by atoms with Gasteiger partial charge in [0.25, 0.3) is 0 Å². The van der Waals surface area contributed by atoms with Crippen molar-refractivity contribution >= 4 is 35.7 Å². The zero-order valence-corrected chi connectivity index (χ0v) is 18.6. The fourth-order valence-electron chi connectivity index (χ4n) is 4.36. The van der Waals surface area contributed by atoms with Crippen LogP contribution in [0.5, 0.6) is 0 Å². The molecular formula is C23H26Cl2N2O3. The van der Waals surface area contributed by atoms with E-state index < -0.39 is 0 Å². The molecule has 1 aliphatic heterocycles. The number of benzene rings is 1. The third kappa shape index (κ3) is 4.34. The van der Waals surface area contributed by atoms with E-state index >= 15 is 0 Å². The summed E-state index contributed by atoms with van der Waals surface area (Å²) in [5.41, 5.74) is 7.79. The van der Waals surface area contributed by atoms with Crippen molar-refractivity contribution < 1.29 is 14.6 Å². The van der Waals surface area contributed by atoms with Crippen molar-refractivity contribution in [2.75, 3.05) is 19.7 Å². The number of pyridine rings is 1. The first-order valence-corrected chi connectivity index (χ1v) is 10.5. The maximum atomic E-state index is 12.1. The van der Waals surface area contributed by atoms with E-state index in [1.54, 1.807) is 11.1 Å². The molecule has 0 atom stereocenters. The van der Waals surface area contributed by atoms with E-state index in [0.29, 0.717) is 19.7 Å². The number of aliphatic hydroxyl groups is 1. The Hall–Kier alpha value is -2.08. The zero-order chi connectivity index (χ0) is 20.4. The van der Waals surface area contributed by atoms with Crippen molar-refractivity contribution in [3.8, 4) is 0 Å². The Bertz CT molecular complexity index is 965. The number of carbonyl (C=O) groups is 1. The fourth-order valence-corrected chi connectivity index (χ4v) is 4.55. The molecule has 1 fully saturated rings. The maximum Gasteiger partial charge on any atom is 0.409 e. The molecule has 1 aromatic heterocycles. The first-order valence-electron chi connectivity index (χ1n) is 10.1. The zero-order valence-electron chi connectivity index (χ0n) is 17.0. The van der Waals surface area contributed by atoms with E-state index in [2.05, 4.69) is 6.07 Å². The van der Waals surface area contributed by atoms with Crippen LogP contribution in [0.15, 0.2) is 36.0 Å². The molecule has 2 aromatic rings. The van der Waals surface area contributed by atoms with Gasteiger partial charge in [-0.1, -0.05) is 23.2 Å². The molecule has 0 bridgehead atoms. The lowest BCUT2D eigenvalue weighted by Crippen LogP contribution is -2.37. The number of ether oxygens (including phenoxy) is 1. The minimum Gasteiger partial charge on any atom is -0.450 e. The number of rotatable bonds is 2. The largest absolute Gasteiger partial charge is 0.450 e. The summed E-state index contributed by atoms with van der Waals surface area (Å²) < 4.78 is 5.15. The summed E-state index contributed by atoms with van der Waals surface area (Å²) in [4.78, 5) is 18.6. The summed E-state index contributed by atoms with van der Waals surface area (Å²) in [7, 11) is 0. The molecule has 7 heteroatoms. The molecule has 30 heavy (non-hydrogen) atoms. The van der Waals surface area contributed by atoms with Gasteiger partial charge in [0, 0.05) is 29.9 Å². The molecule has 1 aliphatic carbocycles. The van der Waals surface area contributed by atoms with Crippen molar-refractivity contribution in [3.63, 3.8) is 0 Å². The van der Waals surface area contributed by atoms with Crippen LogP contribution in [0, 0.1) is 0 Å². The van der Waals surface area contributed by atoms with Crippen molar-refractivity contribution in [2.24, 2.45) is 0 Å². The molecule has 2 aliphatic rings. The van der Waals surface area contributed by atoms with E-state index in [1.807, 2.05) is 25.1 Å². The fraction of sp³-hybridized carbons (Fsp3) is 0.391. The van der Waals surface area contributed by atoms with Gasteiger partial charge < -0.3 is 14.7 Å². The molecule has 1 aromatic carbocycles. The van der Waals surface area contributed by atoms with Gasteiger partial charge in [-0.15, -0.1) is 12.4 Å². The number of aromatic nitrogens is 1. The second-order valence-corrected chi connectivity index (χ2v) is 7.86. The predicted octanol–water partition coefficient (Wildman–Crippen LogP) is 4.80. The predicted molar refractivity (Wildman–Crippen MR) is 120 cm³/mol. The highest BCUT2D eigenvalue weighted by Crippen LogP contribution is 2.39. The molecule has 0 unspecified atom stereocenters. The first-order chi connectivity index (χ1) is 14.1. The highest BCUT2D eigenvalue weighted by atomic mass is 35.5. The van der Waals surface area contributed by atoms with Gasteiger partial charge in [0.1, 0.15) is 0 Å². The number of hydrogen-bond donors (Lipinski definition) is 1.